The van der Waals surface area contributed by atoms with Crippen LogP contribution in [0.4, 0.5) is 5.69 Å². The van der Waals surface area contributed by atoms with Crippen molar-refractivity contribution in [2.45, 2.75) is 0 Å². The van der Waals surface area contributed by atoms with Gasteiger partial charge in [0, 0.05) is 11.4 Å². The van der Waals surface area contributed by atoms with E-state index in [-0.39, 0.29) is 10.6 Å². The van der Waals surface area contributed by atoms with E-state index in [9.17, 15) is 14.4 Å². The van der Waals surface area contributed by atoms with Crippen molar-refractivity contribution in [1.29, 1.82) is 0 Å². The van der Waals surface area contributed by atoms with Crippen LogP contribution in [0.1, 0.15) is 0 Å². The topological polar surface area (TPSA) is 131 Å². The molecule has 4 N–H and O–H groups in total. The van der Waals surface area contributed by atoms with E-state index < -0.39 is 29.3 Å². The zero-order valence-electron chi connectivity index (χ0n) is 13.0. The Labute approximate surface area is 146 Å². The number of nitrogens with one attached hydrogen (secondary N) is 1. The fraction of sp³-hybridized carbons (Fsp3) is 0.125. The minimum atomic E-state index is -1.37. The second kappa shape index (κ2) is 6.44. The van der Waals surface area contributed by atoms with Crippen molar-refractivity contribution in [2.24, 2.45) is 16.6 Å². The zero-order chi connectivity index (χ0) is 18.1. The number of nitrogens with zero attached hydrogens (tertiary/aromatic N) is 1. The molecule has 3 rings (SSSR count). The summed E-state index contributed by atoms with van der Waals surface area (Å²) in [5, 5.41) is 12.0. The molecule has 1 unspecified atom stereocenters. The largest absolute Gasteiger partial charge is 0.497 e. The lowest BCUT2D eigenvalue weighted by molar-refractivity contribution is -0.134. The van der Waals surface area contributed by atoms with Gasteiger partial charge in [-0.3, -0.25) is 9.59 Å². The summed E-state index contributed by atoms with van der Waals surface area (Å²) >= 11 is 0.965. The summed E-state index contributed by atoms with van der Waals surface area (Å²) in [5.74, 6) is -2.71. The van der Waals surface area contributed by atoms with Gasteiger partial charge in [0.25, 0.3) is 11.8 Å². The molecule has 2 aliphatic rings. The van der Waals surface area contributed by atoms with Gasteiger partial charge in [-0.25, -0.2) is 9.79 Å². The fourth-order valence-electron chi connectivity index (χ4n) is 2.36. The Kier molecular flexibility index (Phi) is 4.32. The lowest BCUT2D eigenvalue weighted by atomic mass is 10.00. The number of allylic oxidation sites excluding steroid dienone is 1. The SMILES string of the molecule is COc1ccc(NC(=O)C2=C(N)C3C=C(C(=O)O)C(=O)N=C3S2)cc1. The van der Waals surface area contributed by atoms with Crippen molar-refractivity contribution >= 4 is 40.3 Å². The molecule has 1 atom stereocenters. The van der Waals surface area contributed by atoms with Crippen LogP contribution in [-0.4, -0.2) is 35.0 Å². The summed E-state index contributed by atoms with van der Waals surface area (Å²) in [5.41, 5.74) is 6.25. The van der Waals surface area contributed by atoms with Crippen molar-refractivity contribution in [3.05, 3.63) is 46.5 Å². The van der Waals surface area contributed by atoms with E-state index in [1.54, 1.807) is 24.3 Å². The molecule has 0 spiro atoms. The predicted octanol–water partition coefficient (Wildman–Crippen LogP) is 1.12. The van der Waals surface area contributed by atoms with Gasteiger partial charge in [0.1, 0.15) is 11.3 Å². The van der Waals surface area contributed by atoms with Crippen LogP contribution in [-0.2, 0) is 14.4 Å². The van der Waals surface area contributed by atoms with Gasteiger partial charge in [-0.05, 0) is 30.3 Å². The minimum absolute atomic E-state index is 0.168. The van der Waals surface area contributed by atoms with Crippen LogP contribution in [0, 0.1) is 5.92 Å². The molecule has 0 aromatic heterocycles. The number of hydrogen-bond donors (Lipinski definition) is 3. The molecule has 2 amide bonds. The highest BCUT2D eigenvalue weighted by molar-refractivity contribution is 8.18. The van der Waals surface area contributed by atoms with Gasteiger partial charge in [-0.15, -0.1) is 0 Å². The summed E-state index contributed by atoms with van der Waals surface area (Å²) in [4.78, 5) is 39.1. The molecular formula is C16H13N3O5S. The first-order valence-electron chi connectivity index (χ1n) is 7.11. The average molecular weight is 359 g/mol. The molecule has 1 aromatic carbocycles. The molecule has 0 saturated carbocycles. The predicted molar refractivity (Wildman–Crippen MR) is 92.1 cm³/mol. The number of methoxy groups -OCH3 is 1. The summed E-state index contributed by atoms with van der Waals surface area (Å²) in [6, 6.07) is 6.73. The van der Waals surface area contributed by atoms with Crippen LogP contribution in [0.2, 0.25) is 0 Å². The number of ether oxygens (including phenoxy) is 1. The number of aliphatic imine (C=N–C) groups is 1. The third-order valence-electron chi connectivity index (χ3n) is 3.63. The molecular weight excluding hydrogens is 346 g/mol. The maximum atomic E-state index is 12.4. The summed E-state index contributed by atoms with van der Waals surface area (Å²) < 4.78 is 5.05. The second-order valence-corrected chi connectivity index (χ2v) is 6.22. The fourth-order valence-corrected chi connectivity index (χ4v) is 3.40. The van der Waals surface area contributed by atoms with Gasteiger partial charge in [-0.1, -0.05) is 11.8 Å². The number of hydrogen-bond acceptors (Lipinski definition) is 6. The van der Waals surface area contributed by atoms with Crippen molar-refractivity contribution in [3.63, 3.8) is 0 Å². The molecule has 0 saturated heterocycles. The van der Waals surface area contributed by atoms with Gasteiger partial charge in [0.15, 0.2) is 0 Å². The number of benzene rings is 1. The Bertz CT molecular complexity index is 870. The lowest BCUT2D eigenvalue weighted by Gasteiger charge is -2.12. The monoisotopic (exact) mass is 359 g/mol. The number of carbonyl (C=O) groups excluding carboxylic acids is 2. The summed E-state index contributed by atoms with van der Waals surface area (Å²) in [6.07, 6.45) is 1.23. The van der Waals surface area contributed by atoms with E-state index in [1.165, 1.54) is 13.2 Å². The number of aliphatic carboxylic acids is 1. The molecule has 8 nitrogen and oxygen atoms in total. The molecule has 25 heavy (non-hydrogen) atoms. The number of carboxylic acid groups (broad SMARTS) is 1. The van der Waals surface area contributed by atoms with Gasteiger partial charge in [-0.2, -0.15) is 0 Å². The first-order chi connectivity index (χ1) is 11.9. The molecule has 1 aromatic rings. The molecule has 2 heterocycles. The second-order valence-electron chi connectivity index (χ2n) is 5.19. The number of fused-ring (bicyclic) bond motifs is 1. The van der Waals surface area contributed by atoms with Crippen LogP contribution >= 0.6 is 11.8 Å². The molecule has 128 valence electrons. The highest BCUT2D eigenvalue weighted by Gasteiger charge is 2.38. The number of dihydropyridines is 1. The Hall–Kier alpha value is -3.07. The van der Waals surface area contributed by atoms with Crippen LogP contribution in [0.5, 0.6) is 5.75 Å². The van der Waals surface area contributed by atoms with E-state index >= 15 is 0 Å². The molecule has 0 aliphatic carbocycles. The normalized spacial score (nSPS) is 19.1. The Morgan fingerprint density at radius 2 is 2.00 bits per heavy atom. The van der Waals surface area contributed by atoms with Crippen molar-refractivity contribution < 1.29 is 24.2 Å². The highest BCUT2D eigenvalue weighted by Crippen LogP contribution is 2.39. The molecule has 0 radical (unpaired) electrons. The zero-order valence-corrected chi connectivity index (χ0v) is 13.8. The molecule has 0 bridgehead atoms. The molecule has 0 fully saturated rings. The Balaban J connectivity index is 1.83. The highest BCUT2D eigenvalue weighted by atomic mass is 32.2. The average Bonchev–Trinajstić information content (AvgIpc) is 2.90. The van der Waals surface area contributed by atoms with E-state index in [2.05, 4.69) is 10.3 Å². The van der Waals surface area contributed by atoms with Gasteiger partial charge >= 0.3 is 5.97 Å². The maximum Gasteiger partial charge on any atom is 0.341 e. The van der Waals surface area contributed by atoms with Gasteiger partial charge in [0.2, 0.25) is 0 Å². The lowest BCUT2D eigenvalue weighted by Crippen LogP contribution is -2.23. The number of anilines is 1. The number of thioether (sulfide) groups is 1. The van der Waals surface area contributed by atoms with Crippen LogP contribution in [0.3, 0.4) is 0 Å². The number of carboxylic acids is 1. The van der Waals surface area contributed by atoms with E-state index in [4.69, 9.17) is 15.6 Å². The quantitative estimate of drug-likeness (QED) is 0.686. The van der Waals surface area contributed by atoms with Crippen molar-refractivity contribution in [1.82, 2.24) is 0 Å². The summed E-state index contributed by atoms with van der Waals surface area (Å²) in [6.45, 7) is 0. The number of amides is 2. The van der Waals surface area contributed by atoms with E-state index in [0.29, 0.717) is 16.5 Å². The van der Waals surface area contributed by atoms with Crippen LogP contribution in [0.15, 0.2) is 51.5 Å². The number of nitrogens with two attached hydrogens (primary N) is 1. The first-order valence-corrected chi connectivity index (χ1v) is 7.93. The van der Waals surface area contributed by atoms with Crippen LogP contribution in [0.25, 0.3) is 0 Å². The first kappa shape index (κ1) is 16.8. The molecule has 9 heteroatoms. The standard InChI is InChI=1S/C16H13N3O5S/c1-24-8-4-2-7(3-5-8)18-14(21)12-11(17)9-6-10(16(22)23)13(20)19-15(9)25-12/h2-6,9H,17H2,1H3,(H,18,21)(H,22,23). The third kappa shape index (κ3) is 3.13. The van der Waals surface area contributed by atoms with Gasteiger partial charge in [0.05, 0.1) is 23.0 Å². The summed E-state index contributed by atoms with van der Waals surface area (Å²) in [7, 11) is 1.54. The van der Waals surface area contributed by atoms with E-state index in [1.807, 2.05) is 0 Å². The number of carbonyl (C=O) groups is 3. The Morgan fingerprint density at radius 3 is 2.60 bits per heavy atom. The van der Waals surface area contributed by atoms with E-state index in [0.717, 1.165) is 11.8 Å². The maximum absolute atomic E-state index is 12.4. The van der Waals surface area contributed by atoms with Crippen molar-refractivity contribution in [2.75, 3.05) is 12.4 Å². The third-order valence-corrected chi connectivity index (χ3v) is 4.81. The van der Waals surface area contributed by atoms with Crippen LogP contribution < -0.4 is 15.8 Å². The Morgan fingerprint density at radius 1 is 1.32 bits per heavy atom. The number of rotatable bonds is 4. The van der Waals surface area contributed by atoms with Gasteiger partial charge < -0.3 is 20.9 Å². The smallest absolute Gasteiger partial charge is 0.341 e. The molecule has 2 aliphatic heterocycles. The minimum Gasteiger partial charge on any atom is -0.497 e. The van der Waals surface area contributed by atoms with Crippen molar-refractivity contribution in [3.8, 4) is 5.75 Å².